The maximum absolute atomic E-state index is 14.6. The quantitative estimate of drug-likeness (QED) is 0.290. The van der Waals surface area contributed by atoms with Crippen LogP contribution in [-0.2, 0) is 11.8 Å². The van der Waals surface area contributed by atoms with E-state index in [0.29, 0.717) is 4.90 Å². The number of nitrogens with zero attached hydrogens (tertiary/aromatic N) is 2. The molecule has 5 nitrogen and oxygen atoms in total. The largest absolute Gasteiger partial charge is 0.435 e. The van der Waals surface area contributed by atoms with Crippen LogP contribution < -0.4 is 10.2 Å². The average molecular weight is 646 g/mol. The third-order valence-electron chi connectivity index (χ3n) is 5.48. The molecule has 0 fully saturated rings. The highest BCUT2D eigenvalue weighted by atomic mass is 79.9. The van der Waals surface area contributed by atoms with Crippen molar-refractivity contribution in [1.82, 2.24) is 4.98 Å². The van der Waals surface area contributed by atoms with Crippen LogP contribution in [0.1, 0.15) is 31.8 Å². The van der Waals surface area contributed by atoms with E-state index in [9.17, 15) is 53.5 Å². The molecule has 0 aliphatic rings. The number of benzene rings is 2. The SMILES string of the molecule is CN(C(=O)c1cccc(NC(=O)c2cccnc2)c1)c1c(Br)cc(C(F)(C(F)(F)F)C(F)(F)F)cc1C(F)(F)F. The third kappa shape index (κ3) is 5.90. The number of rotatable bonds is 5. The van der Waals surface area contributed by atoms with E-state index in [1.807, 2.05) is 0 Å². The summed E-state index contributed by atoms with van der Waals surface area (Å²) in [4.78, 5) is 29.5. The van der Waals surface area contributed by atoms with Gasteiger partial charge in [-0.05, 0) is 58.4 Å². The molecule has 0 aliphatic carbocycles. The van der Waals surface area contributed by atoms with Gasteiger partial charge in [-0.15, -0.1) is 0 Å². The number of halogens is 11. The van der Waals surface area contributed by atoms with E-state index < -0.39 is 63.4 Å². The highest BCUT2D eigenvalue weighted by molar-refractivity contribution is 9.10. The number of anilines is 2. The Kier molecular flexibility index (Phi) is 8.26. The topological polar surface area (TPSA) is 62.3 Å². The molecule has 1 heterocycles. The van der Waals surface area contributed by atoms with Gasteiger partial charge in [0.1, 0.15) is 0 Å². The molecule has 2 aromatic carbocycles. The number of carbonyl (C=O) groups excluding carboxylic acids is 2. The molecule has 0 aliphatic heterocycles. The van der Waals surface area contributed by atoms with Gasteiger partial charge in [0, 0.05) is 40.7 Å². The second kappa shape index (κ2) is 10.7. The molecule has 3 aromatic rings. The maximum Gasteiger partial charge on any atom is 0.435 e. The Bertz CT molecular complexity index is 1410. The molecule has 0 radical (unpaired) electrons. The molecule has 1 N–H and O–H groups in total. The van der Waals surface area contributed by atoms with Crippen molar-refractivity contribution in [3.8, 4) is 0 Å². The van der Waals surface area contributed by atoms with E-state index in [-0.39, 0.29) is 22.9 Å². The molecule has 214 valence electrons. The van der Waals surface area contributed by atoms with Crippen molar-refractivity contribution in [1.29, 1.82) is 0 Å². The molecule has 0 saturated heterocycles. The minimum Gasteiger partial charge on any atom is -0.322 e. The number of carbonyl (C=O) groups is 2. The molecular weight excluding hydrogens is 632 g/mol. The summed E-state index contributed by atoms with van der Waals surface area (Å²) < 4.78 is 134. The first-order valence-electron chi connectivity index (χ1n) is 10.6. The molecule has 1 aromatic heterocycles. The van der Waals surface area contributed by atoms with E-state index >= 15 is 0 Å². The Balaban J connectivity index is 2.06. The molecule has 0 saturated carbocycles. The number of amides is 2. The van der Waals surface area contributed by atoms with E-state index in [2.05, 4.69) is 26.2 Å². The van der Waals surface area contributed by atoms with Crippen molar-refractivity contribution >= 4 is 39.1 Å². The van der Waals surface area contributed by atoms with Crippen LogP contribution in [0.4, 0.5) is 55.3 Å². The minimum absolute atomic E-state index is 0.0242. The lowest BCUT2D eigenvalue weighted by molar-refractivity contribution is -0.348. The zero-order valence-electron chi connectivity index (χ0n) is 19.6. The molecule has 0 spiro atoms. The molecule has 2 amide bonds. The Morgan fingerprint density at radius 2 is 1.45 bits per heavy atom. The Morgan fingerprint density at radius 3 is 1.98 bits per heavy atom. The van der Waals surface area contributed by atoms with Gasteiger partial charge < -0.3 is 10.2 Å². The number of hydrogen-bond acceptors (Lipinski definition) is 3. The van der Waals surface area contributed by atoms with Gasteiger partial charge in [0.25, 0.3) is 11.8 Å². The van der Waals surface area contributed by atoms with Gasteiger partial charge in [-0.2, -0.15) is 39.5 Å². The summed E-state index contributed by atoms with van der Waals surface area (Å²) in [5, 5.41) is 2.44. The first kappa shape index (κ1) is 30.8. The number of aromatic nitrogens is 1. The number of hydrogen-bond donors (Lipinski definition) is 1. The van der Waals surface area contributed by atoms with E-state index in [4.69, 9.17) is 0 Å². The summed E-state index contributed by atoms with van der Waals surface area (Å²) in [6.07, 6.45) is -16.3. The van der Waals surface area contributed by atoms with Crippen LogP contribution in [0.25, 0.3) is 0 Å². The van der Waals surface area contributed by atoms with E-state index in [1.54, 1.807) is 0 Å². The van der Waals surface area contributed by atoms with Gasteiger partial charge in [-0.25, -0.2) is 4.39 Å². The minimum atomic E-state index is -6.67. The fraction of sp³-hybridized carbons (Fsp3) is 0.208. The Hall–Kier alpha value is -3.69. The zero-order chi connectivity index (χ0) is 30.3. The molecule has 0 atom stereocenters. The standard InChI is InChI=1S/C24H14BrF10N3O2/c1-38(20(40)12-4-2-6-15(8-12)37-19(39)13-5-3-7-36-11-13)18-16(22(27,28)29)9-14(10-17(18)25)21(26,23(30,31)32)24(33,34)35/h2-11H,1H3,(H,37,39). The summed E-state index contributed by atoms with van der Waals surface area (Å²) >= 11 is 2.47. The summed E-state index contributed by atoms with van der Waals surface area (Å²) in [7, 11) is 0.772. The molecule has 40 heavy (non-hydrogen) atoms. The first-order valence-corrected chi connectivity index (χ1v) is 11.4. The van der Waals surface area contributed by atoms with Crippen LogP contribution in [0.5, 0.6) is 0 Å². The molecule has 0 bridgehead atoms. The number of nitrogens with one attached hydrogen (secondary N) is 1. The summed E-state index contributed by atoms with van der Waals surface area (Å²) in [5.74, 6) is -1.85. The Labute approximate surface area is 226 Å². The Morgan fingerprint density at radius 1 is 0.850 bits per heavy atom. The molecule has 16 heteroatoms. The normalized spacial score (nSPS) is 12.7. The van der Waals surface area contributed by atoms with Gasteiger partial charge in [-0.3, -0.25) is 14.6 Å². The van der Waals surface area contributed by atoms with Gasteiger partial charge in [-0.1, -0.05) is 6.07 Å². The van der Waals surface area contributed by atoms with Crippen molar-refractivity contribution in [2.24, 2.45) is 0 Å². The fourth-order valence-corrected chi connectivity index (χ4v) is 4.29. The van der Waals surface area contributed by atoms with Gasteiger partial charge in [0.05, 0.1) is 16.8 Å². The highest BCUT2D eigenvalue weighted by Crippen LogP contribution is 2.55. The van der Waals surface area contributed by atoms with Crippen molar-refractivity contribution in [2.45, 2.75) is 24.2 Å². The van der Waals surface area contributed by atoms with Crippen molar-refractivity contribution in [2.75, 3.05) is 17.3 Å². The van der Waals surface area contributed by atoms with Crippen LogP contribution >= 0.6 is 15.9 Å². The zero-order valence-corrected chi connectivity index (χ0v) is 21.2. The number of alkyl halides is 10. The predicted octanol–water partition coefficient (Wildman–Crippen LogP) is 7.68. The van der Waals surface area contributed by atoms with Gasteiger partial charge in [0.2, 0.25) is 0 Å². The fourth-order valence-electron chi connectivity index (χ4n) is 3.57. The predicted molar refractivity (Wildman–Crippen MR) is 125 cm³/mol. The average Bonchev–Trinajstić information content (AvgIpc) is 2.85. The summed E-state index contributed by atoms with van der Waals surface area (Å²) in [6, 6.07) is 6.93. The van der Waals surface area contributed by atoms with Crippen molar-refractivity contribution in [3.63, 3.8) is 0 Å². The maximum atomic E-state index is 14.6. The third-order valence-corrected chi connectivity index (χ3v) is 6.08. The monoisotopic (exact) mass is 645 g/mol. The van der Waals surface area contributed by atoms with Crippen LogP contribution in [-0.4, -0.2) is 36.2 Å². The summed E-state index contributed by atoms with van der Waals surface area (Å²) in [5.41, 5.74) is -12.0. The van der Waals surface area contributed by atoms with E-state index in [1.165, 1.54) is 36.7 Å². The lowest BCUT2D eigenvalue weighted by Gasteiger charge is -2.32. The lowest BCUT2D eigenvalue weighted by atomic mass is 9.91. The molecular formula is C24H14BrF10N3O2. The summed E-state index contributed by atoms with van der Waals surface area (Å²) in [6.45, 7) is 0. The second-order valence-corrected chi connectivity index (χ2v) is 9.00. The first-order chi connectivity index (χ1) is 18.3. The molecule has 0 unspecified atom stereocenters. The van der Waals surface area contributed by atoms with Gasteiger partial charge >= 0.3 is 24.2 Å². The van der Waals surface area contributed by atoms with Gasteiger partial charge in [0.15, 0.2) is 0 Å². The van der Waals surface area contributed by atoms with Crippen LogP contribution in [0, 0.1) is 0 Å². The highest BCUT2D eigenvalue weighted by Gasteiger charge is 2.73. The molecule has 3 rings (SSSR count). The number of pyridine rings is 1. The second-order valence-electron chi connectivity index (χ2n) is 8.15. The van der Waals surface area contributed by atoms with Crippen LogP contribution in [0.3, 0.4) is 0 Å². The smallest absolute Gasteiger partial charge is 0.322 e. The van der Waals surface area contributed by atoms with E-state index in [0.717, 1.165) is 19.2 Å². The lowest BCUT2D eigenvalue weighted by Crippen LogP contribution is -2.50. The van der Waals surface area contributed by atoms with Crippen molar-refractivity contribution in [3.05, 3.63) is 87.7 Å². The van der Waals surface area contributed by atoms with Crippen LogP contribution in [0.2, 0.25) is 0 Å². The van der Waals surface area contributed by atoms with Crippen molar-refractivity contribution < 1.29 is 53.5 Å². The van der Waals surface area contributed by atoms with Crippen LogP contribution in [0.15, 0.2) is 65.4 Å².